The van der Waals surface area contributed by atoms with Gasteiger partial charge in [-0.25, -0.2) is 4.98 Å². The van der Waals surface area contributed by atoms with Gasteiger partial charge in [0.2, 0.25) is 0 Å². The standard InChI is InChI=1S/C27H25N3O4S/c1-14-6-7-18(10-15(14)2)20-12-35-25-23(20)27(33)30(13-28-25)16(3)24(31)19-8-9-22-21(11-19)29(5)26(32)17(4)34-22/h6-13,16-17H,1-5H3. The highest BCUT2D eigenvalue weighted by atomic mass is 32.1. The van der Waals surface area contributed by atoms with E-state index in [2.05, 4.69) is 11.1 Å². The van der Waals surface area contributed by atoms with Crippen LogP contribution in [0.2, 0.25) is 0 Å². The number of likely N-dealkylation sites (N-methyl/N-ethyl adjacent to an activating group) is 1. The van der Waals surface area contributed by atoms with Crippen LogP contribution in [0.3, 0.4) is 0 Å². The summed E-state index contributed by atoms with van der Waals surface area (Å²) in [6.45, 7) is 7.47. The molecule has 8 heteroatoms. The van der Waals surface area contributed by atoms with Crippen LogP contribution in [-0.2, 0) is 4.79 Å². The quantitative estimate of drug-likeness (QED) is 0.381. The molecule has 0 aliphatic carbocycles. The number of aromatic nitrogens is 2. The lowest BCUT2D eigenvalue weighted by atomic mass is 10.0. The van der Waals surface area contributed by atoms with E-state index in [9.17, 15) is 14.4 Å². The molecular weight excluding hydrogens is 462 g/mol. The van der Waals surface area contributed by atoms with E-state index in [1.54, 1.807) is 39.1 Å². The van der Waals surface area contributed by atoms with Gasteiger partial charge in [0.25, 0.3) is 11.5 Å². The maximum atomic E-state index is 13.6. The molecule has 0 radical (unpaired) electrons. The van der Waals surface area contributed by atoms with Crippen LogP contribution in [0, 0.1) is 13.8 Å². The summed E-state index contributed by atoms with van der Waals surface area (Å²) >= 11 is 1.41. The number of fused-ring (bicyclic) bond motifs is 2. The van der Waals surface area contributed by atoms with E-state index in [0.717, 1.165) is 16.7 Å². The van der Waals surface area contributed by atoms with Gasteiger partial charge in [-0.05, 0) is 62.6 Å². The Bertz CT molecular complexity index is 1570. The molecule has 35 heavy (non-hydrogen) atoms. The van der Waals surface area contributed by atoms with Gasteiger partial charge >= 0.3 is 0 Å². The van der Waals surface area contributed by atoms with Gasteiger partial charge in [0.15, 0.2) is 11.9 Å². The molecule has 7 nitrogen and oxygen atoms in total. The molecule has 0 spiro atoms. The second-order valence-electron chi connectivity index (χ2n) is 8.97. The average molecular weight is 488 g/mol. The van der Waals surface area contributed by atoms with Crippen molar-refractivity contribution in [3.8, 4) is 16.9 Å². The minimum atomic E-state index is -0.783. The topological polar surface area (TPSA) is 81.5 Å². The number of anilines is 1. The van der Waals surface area contributed by atoms with Crippen LogP contribution in [-0.4, -0.2) is 34.4 Å². The van der Waals surface area contributed by atoms with Gasteiger partial charge in [-0.2, -0.15) is 0 Å². The molecule has 2 aromatic carbocycles. The molecule has 2 aromatic heterocycles. The van der Waals surface area contributed by atoms with Crippen molar-refractivity contribution in [2.45, 2.75) is 39.8 Å². The Hall–Kier alpha value is -3.78. The SMILES string of the molecule is Cc1ccc(-c2csc3ncn(C(C)C(=O)c4ccc5c(c4)N(C)C(=O)C(C)O5)c(=O)c23)cc1C. The maximum Gasteiger partial charge on any atom is 0.267 e. The molecule has 0 saturated heterocycles. The van der Waals surface area contributed by atoms with Crippen molar-refractivity contribution in [1.82, 2.24) is 9.55 Å². The summed E-state index contributed by atoms with van der Waals surface area (Å²) in [5.74, 6) is 0.108. The van der Waals surface area contributed by atoms with Crippen LogP contribution in [0.4, 0.5) is 5.69 Å². The van der Waals surface area contributed by atoms with E-state index < -0.39 is 12.1 Å². The second kappa shape index (κ2) is 8.46. The van der Waals surface area contributed by atoms with Crippen LogP contribution in [0.25, 0.3) is 21.3 Å². The molecular formula is C27H25N3O4S. The minimum Gasteiger partial charge on any atom is -0.479 e. The van der Waals surface area contributed by atoms with Crippen LogP contribution in [0.15, 0.2) is 52.9 Å². The van der Waals surface area contributed by atoms with Gasteiger partial charge in [-0.15, -0.1) is 11.3 Å². The van der Waals surface area contributed by atoms with Gasteiger partial charge in [-0.1, -0.05) is 18.2 Å². The molecule has 1 aliphatic rings. The fourth-order valence-electron chi connectivity index (χ4n) is 4.38. The van der Waals surface area contributed by atoms with E-state index in [0.29, 0.717) is 27.2 Å². The smallest absolute Gasteiger partial charge is 0.267 e. The van der Waals surface area contributed by atoms with Crippen LogP contribution in [0.5, 0.6) is 5.75 Å². The highest BCUT2D eigenvalue weighted by Gasteiger charge is 2.30. The number of hydrogen-bond donors (Lipinski definition) is 0. The first kappa shape index (κ1) is 23.0. The third kappa shape index (κ3) is 3.74. The zero-order chi connectivity index (χ0) is 25.0. The highest BCUT2D eigenvalue weighted by molar-refractivity contribution is 7.17. The third-order valence-electron chi connectivity index (χ3n) is 6.72. The van der Waals surface area contributed by atoms with E-state index >= 15 is 0 Å². The molecule has 0 fully saturated rings. The van der Waals surface area contributed by atoms with E-state index in [1.807, 2.05) is 31.4 Å². The number of aryl methyl sites for hydroxylation is 2. The number of hydrogen-bond acceptors (Lipinski definition) is 6. The predicted octanol–water partition coefficient (Wildman–Crippen LogP) is 4.93. The zero-order valence-electron chi connectivity index (χ0n) is 20.2. The number of carbonyl (C=O) groups is 2. The highest BCUT2D eigenvalue weighted by Crippen LogP contribution is 2.35. The summed E-state index contributed by atoms with van der Waals surface area (Å²) in [7, 11) is 1.66. The second-order valence-corrected chi connectivity index (χ2v) is 9.82. The summed E-state index contributed by atoms with van der Waals surface area (Å²) < 4.78 is 7.04. The molecule has 1 amide bonds. The molecule has 4 aromatic rings. The number of ketones is 1. The first-order chi connectivity index (χ1) is 16.7. The van der Waals surface area contributed by atoms with Gasteiger partial charge in [0.05, 0.1) is 23.4 Å². The molecule has 5 rings (SSSR count). The third-order valence-corrected chi connectivity index (χ3v) is 7.61. The van der Waals surface area contributed by atoms with Crippen molar-refractivity contribution in [2.75, 3.05) is 11.9 Å². The first-order valence-electron chi connectivity index (χ1n) is 11.4. The Balaban J connectivity index is 1.54. The normalized spacial score (nSPS) is 16.2. The summed E-state index contributed by atoms with van der Waals surface area (Å²) in [6, 6.07) is 10.3. The molecule has 2 unspecified atom stereocenters. The van der Waals surface area contributed by atoms with Crippen molar-refractivity contribution in [3.05, 3.63) is 75.1 Å². The van der Waals surface area contributed by atoms with Gasteiger partial charge in [0.1, 0.15) is 10.6 Å². The summed E-state index contributed by atoms with van der Waals surface area (Å²) in [6.07, 6.45) is 0.855. The number of carbonyl (C=O) groups excluding carboxylic acids is 2. The molecule has 0 bridgehead atoms. The van der Waals surface area contributed by atoms with E-state index in [4.69, 9.17) is 4.74 Å². The number of Topliss-reactive ketones (excluding diaryl/α,β-unsaturated/α-hetero) is 1. The van der Waals surface area contributed by atoms with Gasteiger partial charge < -0.3 is 9.64 Å². The molecule has 1 aliphatic heterocycles. The Morgan fingerprint density at radius 1 is 1.11 bits per heavy atom. The molecule has 2 atom stereocenters. The molecule has 0 saturated carbocycles. The number of thiophene rings is 1. The minimum absolute atomic E-state index is 0.183. The first-order valence-corrected chi connectivity index (χ1v) is 12.2. The van der Waals surface area contributed by atoms with Crippen LogP contribution < -0.4 is 15.2 Å². The maximum absolute atomic E-state index is 13.6. The number of amides is 1. The average Bonchev–Trinajstić information content (AvgIpc) is 3.29. The number of rotatable bonds is 4. The molecule has 178 valence electrons. The lowest BCUT2D eigenvalue weighted by Gasteiger charge is -2.30. The monoisotopic (exact) mass is 487 g/mol. The fourth-order valence-corrected chi connectivity index (χ4v) is 5.28. The Morgan fingerprint density at radius 3 is 2.63 bits per heavy atom. The predicted molar refractivity (Wildman–Crippen MR) is 138 cm³/mol. The summed E-state index contributed by atoms with van der Waals surface area (Å²) in [5.41, 5.74) is 4.76. The zero-order valence-corrected chi connectivity index (χ0v) is 21.0. The molecule has 0 N–H and O–H groups in total. The lowest BCUT2D eigenvalue weighted by Crippen LogP contribution is -2.42. The number of nitrogens with zero attached hydrogens (tertiary/aromatic N) is 3. The number of benzene rings is 2. The van der Waals surface area contributed by atoms with Crippen molar-refractivity contribution in [3.63, 3.8) is 0 Å². The lowest BCUT2D eigenvalue weighted by molar-refractivity contribution is -0.125. The molecule has 3 heterocycles. The summed E-state index contributed by atoms with van der Waals surface area (Å²) in [4.78, 5) is 45.9. The Labute approximate surface area is 206 Å². The summed E-state index contributed by atoms with van der Waals surface area (Å²) in [5, 5.41) is 2.45. The van der Waals surface area contributed by atoms with E-state index in [1.165, 1.54) is 32.7 Å². The Kier molecular flexibility index (Phi) is 5.56. The van der Waals surface area contributed by atoms with Crippen LogP contribution >= 0.6 is 11.3 Å². The largest absolute Gasteiger partial charge is 0.479 e. The number of ether oxygens (including phenoxy) is 1. The van der Waals surface area contributed by atoms with Crippen molar-refractivity contribution in [2.24, 2.45) is 0 Å². The fraction of sp³-hybridized carbons (Fsp3) is 0.259. The van der Waals surface area contributed by atoms with E-state index in [-0.39, 0.29) is 17.2 Å². The van der Waals surface area contributed by atoms with Gasteiger partial charge in [-0.3, -0.25) is 19.0 Å². The van der Waals surface area contributed by atoms with Crippen LogP contribution in [0.1, 0.15) is 41.4 Å². The van der Waals surface area contributed by atoms with Crippen molar-refractivity contribution in [1.29, 1.82) is 0 Å². The van der Waals surface area contributed by atoms with Gasteiger partial charge in [0, 0.05) is 23.6 Å². The Morgan fingerprint density at radius 2 is 1.89 bits per heavy atom. The van der Waals surface area contributed by atoms with Crippen molar-refractivity contribution >= 4 is 38.9 Å². The van der Waals surface area contributed by atoms with Crippen molar-refractivity contribution < 1.29 is 14.3 Å².